The highest BCUT2D eigenvalue weighted by molar-refractivity contribution is 5.77. The van der Waals surface area contributed by atoms with Gasteiger partial charge in [-0.05, 0) is 64.5 Å². The lowest BCUT2D eigenvalue weighted by Crippen LogP contribution is -2.57. The number of nitrogens with zero attached hydrogens (tertiary/aromatic N) is 2. The Bertz CT molecular complexity index is 406. The Balaban J connectivity index is 1.83. The first-order valence-electron chi connectivity index (χ1n) is 10.2. The summed E-state index contributed by atoms with van der Waals surface area (Å²) in [7, 11) is 4.01. The van der Waals surface area contributed by atoms with E-state index in [0.29, 0.717) is 19.1 Å². The molecule has 1 aliphatic heterocycles. The molecular weight excluding hydrogens is 314 g/mol. The number of piperidine rings is 1. The van der Waals surface area contributed by atoms with Crippen LogP contribution < -0.4 is 5.73 Å². The highest BCUT2D eigenvalue weighted by atomic mass is 16.5. The molecule has 2 unspecified atom stereocenters. The number of ether oxygens (including phenoxy) is 1. The van der Waals surface area contributed by atoms with Gasteiger partial charge in [0, 0.05) is 25.6 Å². The summed E-state index contributed by atoms with van der Waals surface area (Å²) in [6.45, 7) is 6.87. The van der Waals surface area contributed by atoms with E-state index in [9.17, 15) is 4.79 Å². The Morgan fingerprint density at radius 2 is 1.88 bits per heavy atom. The van der Waals surface area contributed by atoms with Crippen molar-refractivity contribution in [1.82, 2.24) is 9.80 Å². The van der Waals surface area contributed by atoms with Crippen molar-refractivity contribution in [2.45, 2.75) is 77.0 Å². The van der Waals surface area contributed by atoms with E-state index < -0.39 is 0 Å². The maximum Gasteiger partial charge on any atom is 0.224 e. The number of rotatable bonds is 7. The van der Waals surface area contributed by atoms with E-state index >= 15 is 0 Å². The molecule has 1 aliphatic carbocycles. The molecule has 0 bridgehead atoms. The fourth-order valence-electron chi connectivity index (χ4n) is 4.23. The zero-order valence-corrected chi connectivity index (χ0v) is 16.7. The highest BCUT2D eigenvalue weighted by Gasteiger charge is 2.33. The van der Waals surface area contributed by atoms with Crippen LogP contribution in [0.15, 0.2) is 0 Å². The smallest absolute Gasteiger partial charge is 0.224 e. The molecule has 5 heteroatoms. The quantitative estimate of drug-likeness (QED) is 0.764. The van der Waals surface area contributed by atoms with Crippen molar-refractivity contribution >= 4 is 5.91 Å². The average Bonchev–Trinajstić information content (AvgIpc) is 2.58. The summed E-state index contributed by atoms with van der Waals surface area (Å²) >= 11 is 0. The summed E-state index contributed by atoms with van der Waals surface area (Å²) < 4.78 is 6.24. The third kappa shape index (κ3) is 6.22. The van der Waals surface area contributed by atoms with Gasteiger partial charge < -0.3 is 20.3 Å². The third-order valence-corrected chi connectivity index (χ3v) is 6.09. The Hall–Kier alpha value is -0.650. The molecule has 2 rings (SSSR count). The second-order valence-corrected chi connectivity index (χ2v) is 8.63. The van der Waals surface area contributed by atoms with Crippen molar-refractivity contribution in [1.29, 1.82) is 0 Å². The van der Waals surface area contributed by atoms with Gasteiger partial charge >= 0.3 is 0 Å². The van der Waals surface area contributed by atoms with Gasteiger partial charge in [-0.15, -0.1) is 0 Å². The normalized spacial score (nSPS) is 30.9. The van der Waals surface area contributed by atoms with Crippen molar-refractivity contribution in [3.05, 3.63) is 0 Å². The van der Waals surface area contributed by atoms with Crippen LogP contribution in [0.25, 0.3) is 0 Å². The van der Waals surface area contributed by atoms with Gasteiger partial charge in [0.1, 0.15) is 0 Å². The summed E-state index contributed by atoms with van der Waals surface area (Å²) in [5.41, 5.74) is 6.36. The second kappa shape index (κ2) is 9.89. The SMILES string of the molecule is CC(C)C1CCC(OCC2C(N)CCCN2C(=O)CCN(C)C)CC1. The van der Waals surface area contributed by atoms with Gasteiger partial charge in [-0.3, -0.25) is 4.79 Å². The Kier molecular flexibility index (Phi) is 8.17. The molecule has 2 aliphatic rings. The molecule has 0 aromatic rings. The van der Waals surface area contributed by atoms with Gasteiger partial charge in [0.15, 0.2) is 0 Å². The van der Waals surface area contributed by atoms with Crippen molar-refractivity contribution in [3.63, 3.8) is 0 Å². The fourth-order valence-corrected chi connectivity index (χ4v) is 4.23. The molecule has 5 nitrogen and oxygen atoms in total. The first-order chi connectivity index (χ1) is 11.9. The summed E-state index contributed by atoms with van der Waals surface area (Å²) in [6.07, 6.45) is 7.75. The number of hydrogen-bond donors (Lipinski definition) is 1. The van der Waals surface area contributed by atoms with Crippen molar-refractivity contribution < 1.29 is 9.53 Å². The molecule has 2 N–H and O–H groups in total. The van der Waals surface area contributed by atoms with E-state index in [-0.39, 0.29) is 18.0 Å². The maximum absolute atomic E-state index is 12.6. The zero-order chi connectivity index (χ0) is 18.4. The molecule has 2 atom stereocenters. The maximum atomic E-state index is 12.6. The Labute approximate surface area is 154 Å². The molecule has 1 amide bonds. The minimum atomic E-state index is 0.0454. The van der Waals surface area contributed by atoms with Gasteiger partial charge in [-0.25, -0.2) is 0 Å². The standard InChI is InChI=1S/C20H39N3O2/c1-15(2)16-7-9-17(10-8-16)25-14-19-18(21)6-5-12-23(19)20(24)11-13-22(3)4/h15-19H,5-14,21H2,1-4H3. The monoisotopic (exact) mass is 353 g/mol. The number of carbonyl (C=O) groups is 1. The fraction of sp³-hybridized carbons (Fsp3) is 0.950. The predicted octanol–water partition coefficient (Wildman–Crippen LogP) is 2.49. The summed E-state index contributed by atoms with van der Waals surface area (Å²) in [5.74, 6) is 1.85. The van der Waals surface area contributed by atoms with Crippen LogP contribution in [-0.4, -0.2) is 67.7 Å². The summed E-state index contributed by atoms with van der Waals surface area (Å²) in [6, 6.07) is 0.0929. The van der Waals surface area contributed by atoms with E-state index in [4.69, 9.17) is 10.5 Å². The first kappa shape index (κ1) is 20.7. The van der Waals surface area contributed by atoms with Crippen LogP contribution in [-0.2, 0) is 9.53 Å². The molecule has 0 aromatic heterocycles. The molecule has 146 valence electrons. The Morgan fingerprint density at radius 1 is 1.20 bits per heavy atom. The molecule has 1 saturated carbocycles. The third-order valence-electron chi connectivity index (χ3n) is 6.09. The van der Waals surface area contributed by atoms with Gasteiger partial charge in [0.25, 0.3) is 0 Å². The summed E-state index contributed by atoms with van der Waals surface area (Å²) in [5, 5.41) is 0. The van der Waals surface area contributed by atoms with E-state index in [1.807, 2.05) is 19.0 Å². The van der Waals surface area contributed by atoms with Gasteiger partial charge in [-0.2, -0.15) is 0 Å². The highest BCUT2D eigenvalue weighted by Crippen LogP contribution is 2.31. The van der Waals surface area contributed by atoms with Crippen LogP contribution >= 0.6 is 0 Å². The second-order valence-electron chi connectivity index (χ2n) is 8.63. The molecular formula is C20H39N3O2. The molecule has 2 fully saturated rings. The summed E-state index contributed by atoms with van der Waals surface area (Å²) in [4.78, 5) is 16.7. The van der Waals surface area contributed by atoms with Crippen molar-refractivity contribution in [3.8, 4) is 0 Å². The molecule has 25 heavy (non-hydrogen) atoms. The molecule has 0 spiro atoms. The van der Waals surface area contributed by atoms with E-state index in [1.54, 1.807) is 0 Å². The predicted molar refractivity (Wildman–Crippen MR) is 102 cm³/mol. The number of likely N-dealkylation sites (tertiary alicyclic amines) is 1. The van der Waals surface area contributed by atoms with Gasteiger partial charge in [0.2, 0.25) is 5.91 Å². The largest absolute Gasteiger partial charge is 0.376 e. The van der Waals surface area contributed by atoms with E-state index in [0.717, 1.165) is 50.6 Å². The minimum absolute atomic E-state index is 0.0454. The van der Waals surface area contributed by atoms with Crippen LogP contribution in [0.5, 0.6) is 0 Å². The Morgan fingerprint density at radius 3 is 2.48 bits per heavy atom. The van der Waals surface area contributed by atoms with Gasteiger partial charge in [-0.1, -0.05) is 13.8 Å². The van der Waals surface area contributed by atoms with Crippen LogP contribution in [0.3, 0.4) is 0 Å². The lowest BCUT2D eigenvalue weighted by atomic mass is 9.80. The molecule has 0 aromatic carbocycles. The van der Waals surface area contributed by atoms with Crippen LogP contribution in [0.2, 0.25) is 0 Å². The minimum Gasteiger partial charge on any atom is -0.376 e. The lowest BCUT2D eigenvalue weighted by molar-refractivity contribution is -0.138. The average molecular weight is 354 g/mol. The zero-order valence-electron chi connectivity index (χ0n) is 16.7. The first-order valence-corrected chi connectivity index (χ1v) is 10.2. The van der Waals surface area contributed by atoms with Gasteiger partial charge in [0.05, 0.1) is 18.8 Å². The van der Waals surface area contributed by atoms with Crippen molar-refractivity contribution in [2.24, 2.45) is 17.6 Å². The number of nitrogens with two attached hydrogens (primary N) is 1. The van der Waals surface area contributed by atoms with E-state index in [1.165, 1.54) is 12.8 Å². The molecule has 1 saturated heterocycles. The van der Waals surface area contributed by atoms with Crippen molar-refractivity contribution in [2.75, 3.05) is 33.8 Å². The molecule has 0 radical (unpaired) electrons. The number of amides is 1. The lowest BCUT2D eigenvalue weighted by Gasteiger charge is -2.41. The van der Waals surface area contributed by atoms with E-state index in [2.05, 4.69) is 18.7 Å². The van der Waals surface area contributed by atoms with Crippen LogP contribution in [0.1, 0.15) is 58.8 Å². The number of carbonyl (C=O) groups excluding carboxylic acids is 1. The topological polar surface area (TPSA) is 58.8 Å². The molecule has 1 heterocycles. The van der Waals surface area contributed by atoms with Crippen LogP contribution in [0, 0.1) is 11.8 Å². The van der Waals surface area contributed by atoms with Crippen LogP contribution in [0.4, 0.5) is 0 Å². The number of hydrogen-bond acceptors (Lipinski definition) is 4.